The molecule has 1 fully saturated rings. The highest BCUT2D eigenvalue weighted by atomic mass is 32.2. The highest BCUT2D eigenvalue weighted by Crippen LogP contribution is 2.27. The standard InChI is InChI=1S/C11H16N2OS/c1-2-10(12)11-4-3-8(5-13-11)15-9-6-14-7-9/h3-5,9-10H,2,6-7,12H2,1H3. The Kier molecular flexibility index (Phi) is 3.61. The Morgan fingerprint density at radius 3 is 2.87 bits per heavy atom. The minimum Gasteiger partial charge on any atom is -0.379 e. The number of thioether (sulfide) groups is 1. The van der Waals surface area contributed by atoms with Crippen LogP contribution >= 0.6 is 11.8 Å². The maximum absolute atomic E-state index is 5.89. The van der Waals surface area contributed by atoms with E-state index in [0.717, 1.165) is 25.3 Å². The van der Waals surface area contributed by atoms with Gasteiger partial charge in [-0.1, -0.05) is 6.92 Å². The Morgan fingerprint density at radius 2 is 2.40 bits per heavy atom. The van der Waals surface area contributed by atoms with E-state index in [1.165, 1.54) is 4.90 Å². The fraction of sp³-hybridized carbons (Fsp3) is 0.545. The van der Waals surface area contributed by atoms with Gasteiger partial charge in [0.2, 0.25) is 0 Å². The molecular formula is C11H16N2OS. The summed E-state index contributed by atoms with van der Waals surface area (Å²) >= 11 is 1.83. The lowest BCUT2D eigenvalue weighted by Crippen LogP contribution is -2.30. The van der Waals surface area contributed by atoms with Crippen LogP contribution in [0.1, 0.15) is 25.1 Å². The van der Waals surface area contributed by atoms with Crippen LogP contribution < -0.4 is 5.73 Å². The van der Waals surface area contributed by atoms with Gasteiger partial charge < -0.3 is 10.5 Å². The van der Waals surface area contributed by atoms with Gasteiger partial charge in [0.25, 0.3) is 0 Å². The fourth-order valence-corrected chi connectivity index (χ4v) is 2.34. The third-order valence-electron chi connectivity index (χ3n) is 2.49. The Hall–Kier alpha value is -0.580. The first-order valence-electron chi connectivity index (χ1n) is 5.25. The Balaban J connectivity index is 1.96. The zero-order chi connectivity index (χ0) is 10.7. The first-order chi connectivity index (χ1) is 7.29. The van der Waals surface area contributed by atoms with Crippen LogP contribution in [-0.4, -0.2) is 23.4 Å². The molecule has 82 valence electrons. The Bertz CT molecular complexity index is 311. The third kappa shape index (κ3) is 2.71. The van der Waals surface area contributed by atoms with Gasteiger partial charge in [-0.25, -0.2) is 0 Å². The van der Waals surface area contributed by atoms with Gasteiger partial charge in [-0.15, -0.1) is 11.8 Å². The quantitative estimate of drug-likeness (QED) is 0.849. The lowest BCUT2D eigenvalue weighted by Gasteiger charge is -2.25. The fourth-order valence-electron chi connectivity index (χ4n) is 1.36. The first kappa shape index (κ1) is 10.9. The van der Waals surface area contributed by atoms with E-state index in [1.54, 1.807) is 0 Å². The Labute approximate surface area is 94.4 Å². The van der Waals surface area contributed by atoms with Crippen LogP contribution in [0, 0.1) is 0 Å². The topological polar surface area (TPSA) is 48.1 Å². The number of rotatable bonds is 4. The van der Waals surface area contributed by atoms with E-state index >= 15 is 0 Å². The summed E-state index contributed by atoms with van der Waals surface area (Å²) in [7, 11) is 0. The maximum atomic E-state index is 5.89. The molecule has 3 nitrogen and oxygen atoms in total. The molecule has 2 heterocycles. The minimum absolute atomic E-state index is 0.0658. The highest BCUT2D eigenvalue weighted by molar-refractivity contribution is 8.00. The molecule has 1 saturated heterocycles. The molecule has 0 radical (unpaired) electrons. The van der Waals surface area contributed by atoms with Crippen LogP contribution in [0.2, 0.25) is 0 Å². The monoisotopic (exact) mass is 224 g/mol. The van der Waals surface area contributed by atoms with Crippen molar-refractivity contribution in [2.75, 3.05) is 13.2 Å². The van der Waals surface area contributed by atoms with Crippen LogP contribution in [0.4, 0.5) is 0 Å². The summed E-state index contributed by atoms with van der Waals surface area (Å²) in [4.78, 5) is 5.58. The summed E-state index contributed by atoms with van der Waals surface area (Å²) in [5, 5.41) is 0.609. The Morgan fingerprint density at radius 1 is 1.60 bits per heavy atom. The molecule has 0 saturated carbocycles. The van der Waals surface area contributed by atoms with Crippen molar-refractivity contribution in [3.8, 4) is 0 Å². The van der Waals surface area contributed by atoms with Crippen molar-refractivity contribution >= 4 is 11.8 Å². The summed E-state index contributed by atoms with van der Waals surface area (Å²) in [6.07, 6.45) is 2.84. The molecule has 1 aliphatic heterocycles. The summed E-state index contributed by atoms with van der Waals surface area (Å²) in [5.74, 6) is 0. The summed E-state index contributed by atoms with van der Waals surface area (Å²) in [6.45, 7) is 3.79. The van der Waals surface area contributed by atoms with Gasteiger partial charge in [-0.3, -0.25) is 4.98 Å². The van der Waals surface area contributed by atoms with E-state index in [0.29, 0.717) is 5.25 Å². The molecule has 1 atom stereocenters. The molecule has 1 unspecified atom stereocenters. The van der Waals surface area contributed by atoms with Gasteiger partial charge in [0, 0.05) is 17.1 Å². The van der Waals surface area contributed by atoms with Crippen molar-refractivity contribution in [1.29, 1.82) is 0 Å². The molecule has 1 aliphatic rings. The predicted octanol–water partition coefficient (Wildman–Crippen LogP) is 1.98. The van der Waals surface area contributed by atoms with Crippen LogP contribution in [0.25, 0.3) is 0 Å². The second kappa shape index (κ2) is 4.96. The predicted molar refractivity (Wildman–Crippen MR) is 61.9 cm³/mol. The lowest BCUT2D eigenvalue weighted by atomic mass is 10.1. The average molecular weight is 224 g/mol. The van der Waals surface area contributed by atoms with E-state index in [-0.39, 0.29) is 6.04 Å². The molecule has 2 rings (SSSR count). The van der Waals surface area contributed by atoms with Crippen molar-refractivity contribution in [3.05, 3.63) is 24.0 Å². The smallest absolute Gasteiger partial charge is 0.0611 e. The molecule has 15 heavy (non-hydrogen) atoms. The third-order valence-corrected chi connectivity index (χ3v) is 3.61. The second-order valence-corrected chi connectivity index (χ2v) is 5.08. The molecule has 1 aromatic heterocycles. The average Bonchev–Trinajstić information content (AvgIpc) is 2.23. The molecule has 0 bridgehead atoms. The summed E-state index contributed by atoms with van der Waals surface area (Å²) in [5.41, 5.74) is 6.87. The summed E-state index contributed by atoms with van der Waals surface area (Å²) < 4.78 is 5.13. The number of aromatic nitrogens is 1. The molecule has 2 N–H and O–H groups in total. The van der Waals surface area contributed by atoms with E-state index < -0.39 is 0 Å². The van der Waals surface area contributed by atoms with Crippen molar-refractivity contribution in [2.45, 2.75) is 29.5 Å². The molecule has 0 amide bonds. The zero-order valence-corrected chi connectivity index (χ0v) is 9.67. The molecule has 0 spiro atoms. The number of nitrogens with zero attached hydrogens (tertiary/aromatic N) is 1. The van der Waals surface area contributed by atoms with Gasteiger partial charge in [-0.05, 0) is 18.6 Å². The van der Waals surface area contributed by atoms with E-state index in [4.69, 9.17) is 10.5 Å². The number of nitrogens with two attached hydrogens (primary N) is 1. The van der Waals surface area contributed by atoms with Gasteiger partial charge >= 0.3 is 0 Å². The number of pyridine rings is 1. The molecule has 1 aromatic rings. The van der Waals surface area contributed by atoms with Gasteiger partial charge in [0.1, 0.15) is 0 Å². The first-order valence-corrected chi connectivity index (χ1v) is 6.13. The van der Waals surface area contributed by atoms with Crippen LogP contribution in [0.5, 0.6) is 0 Å². The van der Waals surface area contributed by atoms with Gasteiger partial charge in [0.05, 0.1) is 24.2 Å². The highest BCUT2D eigenvalue weighted by Gasteiger charge is 2.19. The van der Waals surface area contributed by atoms with E-state index in [1.807, 2.05) is 24.0 Å². The van der Waals surface area contributed by atoms with Crippen LogP contribution in [0.15, 0.2) is 23.2 Å². The van der Waals surface area contributed by atoms with Crippen LogP contribution in [0.3, 0.4) is 0 Å². The molecule has 0 aliphatic carbocycles. The van der Waals surface area contributed by atoms with E-state index in [9.17, 15) is 0 Å². The maximum Gasteiger partial charge on any atom is 0.0611 e. The van der Waals surface area contributed by atoms with Crippen molar-refractivity contribution in [3.63, 3.8) is 0 Å². The van der Waals surface area contributed by atoms with Crippen molar-refractivity contribution < 1.29 is 4.74 Å². The van der Waals surface area contributed by atoms with Gasteiger partial charge in [-0.2, -0.15) is 0 Å². The molecule has 4 heteroatoms. The van der Waals surface area contributed by atoms with Gasteiger partial charge in [0.15, 0.2) is 0 Å². The second-order valence-electron chi connectivity index (χ2n) is 3.71. The number of hydrogen-bond acceptors (Lipinski definition) is 4. The zero-order valence-electron chi connectivity index (χ0n) is 8.85. The molecule has 0 aromatic carbocycles. The van der Waals surface area contributed by atoms with E-state index in [2.05, 4.69) is 18.0 Å². The SMILES string of the molecule is CCC(N)c1ccc(SC2COC2)cn1. The number of hydrogen-bond donors (Lipinski definition) is 1. The van der Waals surface area contributed by atoms with Crippen molar-refractivity contribution in [1.82, 2.24) is 4.98 Å². The summed E-state index contributed by atoms with van der Waals surface area (Å²) in [6, 6.07) is 4.19. The molecular weight excluding hydrogens is 208 g/mol. The normalized spacial score (nSPS) is 18.5. The lowest BCUT2D eigenvalue weighted by molar-refractivity contribution is 0.0455. The largest absolute Gasteiger partial charge is 0.379 e. The minimum atomic E-state index is 0.0658. The van der Waals surface area contributed by atoms with Crippen LogP contribution in [-0.2, 0) is 4.74 Å². The van der Waals surface area contributed by atoms with Crippen molar-refractivity contribution in [2.24, 2.45) is 5.73 Å². The number of ether oxygens (including phenoxy) is 1.